The van der Waals surface area contributed by atoms with Gasteiger partial charge in [-0.3, -0.25) is 9.48 Å². The molecule has 6 nitrogen and oxygen atoms in total. The van der Waals surface area contributed by atoms with Crippen LogP contribution in [0.2, 0.25) is 0 Å². The van der Waals surface area contributed by atoms with Crippen LogP contribution < -0.4 is 5.32 Å². The molecular weight excluding hydrogens is 230 g/mol. The minimum absolute atomic E-state index is 0.196. The highest BCUT2D eigenvalue weighted by molar-refractivity contribution is 5.76. The SMILES string of the molecule is CCN(CC1CCCN1)C(=O)CCn1cncn1. The van der Waals surface area contributed by atoms with Crippen molar-refractivity contribution in [3.8, 4) is 0 Å². The Hall–Kier alpha value is -1.43. The van der Waals surface area contributed by atoms with E-state index in [1.807, 2.05) is 11.8 Å². The number of carbonyl (C=O) groups excluding carboxylic acids is 1. The molecule has 0 aliphatic carbocycles. The van der Waals surface area contributed by atoms with E-state index < -0.39 is 0 Å². The van der Waals surface area contributed by atoms with Crippen molar-refractivity contribution in [3.05, 3.63) is 12.7 Å². The first-order chi connectivity index (χ1) is 8.79. The average Bonchev–Trinajstić information content (AvgIpc) is 3.06. The fraction of sp³-hybridized carbons (Fsp3) is 0.750. The zero-order valence-corrected chi connectivity index (χ0v) is 10.9. The fourth-order valence-corrected chi connectivity index (χ4v) is 2.30. The molecule has 1 atom stereocenters. The van der Waals surface area contributed by atoms with Crippen LogP contribution >= 0.6 is 0 Å². The van der Waals surface area contributed by atoms with Gasteiger partial charge >= 0.3 is 0 Å². The summed E-state index contributed by atoms with van der Waals surface area (Å²) in [4.78, 5) is 17.9. The van der Waals surface area contributed by atoms with Gasteiger partial charge < -0.3 is 10.2 Å². The van der Waals surface area contributed by atoms with Crippen LogP contribution in [0.5, 0.6) is 0 Å². The van der Waals surface area contributed by atoms with E-state index in [4.69, 9.17) is 0 Å². The molecule has 0 aromatic carbocycles. The molecular formula is C12H21N5O. The van der Waals surface area contributed by atoms with E-state index in [0.717, 1.165) is 19.6 Å². The molecule has 1 aliphatic heterocycles. The lowest BCUT2D eigenvalue weighted by atomic mass is 10.2. The highest BCUT2D eigenvalue weighted by Crippen LogP contribution is 2.08. The Morgan fingerprint density at radius 1 is 1.61 bits per heavy atom. The predicted molar refractivity (Wildman–Crippen MR) is 67.9 cm³/mol. The van der Waals surface area contributed by atoms with Gasteiger partial charge in [-0.2, -0.15) is 5.10 Å². The van der Waals surface area contributed by atoms with Crippen molar-refractivity contribution >= 4 is 5.91 Å². The van der Waals surface area contributed by atoms with Crippen LogP contribution in [-0.4, -0.2) is 51.2 Å². The normalized spacial score (nSPS) is 19.1. The highest BCUT2D eigenvalue weighted by Gasteiger charge is 2.20. The largest absolute Gasteiger partial charge is 0.341 e. The lowest BCUT2D eigenvalue weighted by Crippen LogP contribution is -2.41. The molecule has 1 amide bonds. The molecule has 1 saturated heterocycles. The van der Waals surface area contributed by atoms with Crippen molar-refractivity contribution in [1.29, 1.82) is 0 Å². The lowest BCUT2D eigenvalue weighted by Gasteiger charge is -2.24. The topological polar surface area (TPSA) is 63.1 Å². The maximum absolute atomic E-state index is 12.1. The van der Waals surface area contributed by atoms with Crippen molar-refractivity contribution in [2.24, 2.45) is 0 Å². The second kappa shape index (κ2) is 6.49. The summed E-state index contributed by atoms with van der Waals surface area (Å²) in [7, 11) is 0. The highest BCUT2D eigenvalue weighted by atomic mass is 16.2. The number of aryl methyl sites for hydroxylation is 1. The van der Waals surface area contributed by atoms with E-state index in [2.05, 4.69) is 15.4 Å². The van der Waals surface area contributed by atoms with Crippen LogP contribution in [0.25, 0.3) is 0 Å². The number of nitrogens with one attached hydrogen (secondary N) is 1. The van der Waals surface area contributed by atoms with Crippen LogP contribution in [0.3, 0.4) is 0 Å². The molecule has 1 fully saturated rings. The Morgan fingerprint density at radius 2 is 2.50 bits per heavy atom. The molecule has 1 aromatic rings. The number of nitrogens with zero attached hydrogens (tertiary/aromatic N) is 4. The third kappa shape index (κ3) is 3.53. The lowest BCUT2D eigenvalue weighted by molar-refractivity contribution is -0.131. The fourth-order valence-electron chi connectivity index (χ4n) is 2.30. The van der Waals surface area contributed by atoms with Gasteiger partial charge in [-0.15, -0.1) is 0 Å². The summed E-state index contributed by atoms with van der Waals surface area (Å²) in [6.07, 6.45) is 6.01. The number of hydrogen-bond acceptors (Lipinski definition) is 4. The van der Waals surface area contributed by atoms with E-state index >= 15 is 0 Å². The van der Waals surface area contributed by atoms with Crippen LogP contribution in [0, 0.1) is 0 Å². The third-order valence-electron chi connectivity index (χ3n) is 3.36. The smallest absolute Gasteiger partial charge is 0.224 e. The molecule has 0 bridgehead atoms. The summed E-state index contributed by atoms with van der Waals surface area (Å²) in [6.45, 7) is 5.31. The van der Waals surface area contributed by atoms with E-state index in [0.29, 0.717) is 19.0 Å². The van der Waals surface area contributed by atoms with Gasteiger partial charge in [0.1, 0.15) is 12.7 Å². The molecule has 1 aromatic heterocycles. The maximum atomic E-state index is 12.1. The monoisotopic (exact) mass is 251 g/mol. The zero-order chi connectivity index (χ0) is 12.8. The van der Waals surface area contributed by atoms with Gasteiger partial charge in [-0.05, 0) is 26.3 Å². The van der Waals surface area contributed by atoms with Gasteiger partial charge in [-0.25, -0.2) is 4.98 Å². The molecule has 1 unspecified atom stereocenters. The van der Waals surface area contributed by atoms with E-state index in [-0.39, 0.29) is 5.91 Å². The zero-order valence-electron chi connectivity index (χ0n) is 10.9. The average molecular weight is 251 g/mol. The number of amides is 1. The number of rotatable bonds is 6. The molecule has 1 N–H and O–H groups in total. The van der Waals surface area contributed by atoms with E-state index in [1.165, 1.54) is 19.2 Å². The molecule has 18 heavy (non-hydrogen) atoms. The van der Waals surface area contributed by atoms with Gasteiger partial charge in [0, 0.05) is 25.6 Å². The standard InChI is InChI=1S/C12H21N5O/c1-2-16(8-11-4-3-6-14-11)12(18)5-7-17-10-13-9-15-17/h9-11,14H,2-8H2,1H3. The van der Waals surface area contributed by atoms with E-state index in [1.54, 1.807) is 11.0 Å². The second-order valence-electron chi connectivity index (χ2n) is 4.63. The van der Waals surface area contributed by atoms with Crippen molar-refractivity contribution < 1.29 is 4.79 Å². The van der Waals surface area contributed by atoms with Crippen LogP contribution in [0.4, 0.5) is 0 Å². The van der Waals surface area contributed by atoms with Crippen LogP contribution in [0.15, 0.2) is 12.7 Å². The second-order valence-corrected chi connectivity index (χ2v) is 4.63. The van der Waals surface area contributed by atoms with Gasteiger partial charge in [0.25, 0.3) is 0 Å². The molecule has 100 valence electrons. The summed E-state index contributed by atoms with van der Waals surface area (Å²) >= 11 is 0. The van der Waals surface area contributed by atoms with Gasteiger partial charge in [0.2, 0.25) is 5.91 Å². The number of hydrogen-bond donors (Lipinski definition) is 1. The quantitative estimate of drug-likeness (QED) is 0.788. The summed E-state index contributed by atoms with van der Waals surface area (Å²) in [5, 5.41) is 7.42. The Labute approximate surface area is 107 Å². The van der Waals surface area contributed by atoms with Crippen LogP contribution in [0.1, 0.15) is 26.2 Å². The summed E-state index contributed by atoms with van der Waals surface area (Å²) in [5.41, 5.74) is 0. The predicted octanol–water partition coefficient (Wildman–Crippen LogP) is 0.269. The molecule has 0 radical (unpaired) electrons. The number of aromatic nitrogens is 3. The number of likely N-dealkylation sites (N-methyl/N-ethyl adjacent to an activating group) is 1. The Morgan fingerprint density at radius 3 is 3.11 bits per heavy atom. The van der Waals surface area contributed by atoms with Crippen LogP contribution in [-0.2, 0) is 11.3 Å². The molecule has 1 aliphatic rings. The van der Waals surface area contributed by atoms with Crippen molar-refractivity contribution in [2.75, 3.05) is 19.6 Å². The van der Waals surface area contributed by atoms with Crippen molar-refractivity contribution in [1.82, 2.24) is 25.0 Å². The van der Waals surface area contributed by atoms with Gasteiger partial charge in [-0.1, -0.05) is 0 Å². The molecule has 0 spiro atoms. The van der Waals surface area contributed by atoms with E-state index in [9.17, 15) is 4.79 Å². The van der Waals surface area contributed by atoms with Gasteiger partial charge in [0.15, 0.2) is 0 Å². The molecule has 2 rings (SSSR count). The molecule has 6 heteroatoms. The molecule has 2 heterocycles. The van der Waals surface area contributed by atoms with Crippen molar-refractivity contribution in [2.45, 2.75) is 38.8 Å². The number of carbonyl (C=O) groups is 1. The van der Waals surface area contributed by atoms with Crippen molar-refractivity contribution in [3.63, 3.8) is 0 Å². The third-order valence-corrected chi connectivity index (χ3v) is 3.36. The summed E-state index contributed by atoms with van der Waals surface area (Å²) in [5.74, 6) is 0.196. The first-order valence-corrected chi connectivity index (χ1v) is 6.63. The minimum Gasteiger partial charge on any atom is -0.341 e. The summed E-state index contributed by atoms with van der Waals surface area (Å²) in [6, 6.07) is 0.472. The minimum atomic E-state index is 0.196. The first kappa shape index (κ1) is 13.0. The Balaban J connectivity index is 1.77. The maximum Gasteiger partial charge on any atom is 0.224 e. The Bertz CT molecular complexity index is 359. The first-order valence-electron chi connectivity index (χ1n) is 6.63. The molecule has 0 saturated carbocycles. The Kier molecular flexibility index (Phi) is 4.69. The summed E-state index contributed by atoms with van der Waals surface area (Å²) < 4.78 is 1.69. The van der Waals surface area contributed by atoms with Gasteiger partial charge in [0.05, 0.1) is 6.54 Å².